The molecular weight excluding hydrogens is 172 g/mol. The van der Waals surface area contributed by atoms with Crippen molar-refractivity contribution in [1.29, 1.82) is 0 Å². The summed E-state index contributed by atoms with van der Waals surface area (Å²) in [5.41, 5.74) is 0. The van der Waals surface area contributed by atoms with Crippen LogP contribution < -0.4 is 0 Å². The van der Waals surface area contributed by atoms with E-state index in [2.05, 4.69) is 19.9 Å². The molecule has 1 rings (SSSR count). The van der Waals surface area contributed by atoms with E-state index in [4.69, 9.17) is 8.37 Å². The van der Waals surface area contributed by atoms with Gasteiger partial charge in [0.1, 0.15) is 5.76 Å². The average molecular weight is 188 g/mol. The van der Waals surface area contributed by atoms with Gasteiger partial charge in [0.25, 0.3) is 0 Å². The lowest BCUT2D eigenvalue weighted by Crippen LogP contribution is -2.09. The molecule has 0 saturated heterocycles. The third kappa shape index (κ3) is 3.07. The average Bonchev–Trinajstić information content (AvgIpc) is 1.99. The Morgan fingerprint density at radius 3 is 2.83 bits per heavy atom. The fraction of sp³-hybridized carbons (Fsp3) is 0.778. The van der Waals surface area contributed by atoms with Crippen LogP contribution in [0.1, 0.15) is 26.7 Å². The standard InChI is InChI=1S/C9H16O2S/c1-7-4-8(2)6-9(5-7)11-12-10-3/h5,7-8H,4,6H2,1-3H3. The van der Waals surface area contributed by atoms with E-state index in [0.29, 0.717) is 5.92 Å². The highest BCUT2D eigenvalue weighted by atomic mass is 32.2. The molecule has 0 aromatic heterocycles. The van der Waals surface area contributed by atoms with Crippen molar-refractivity contribution in [3.63, 3.8) is 0 Å². The first kappa shape index (κ1) is 9.93. The van der Waals surface area contributed by atoms with Crippen LogP contribution in [-0.4, -0.2) is 7.11 Å². The van der Waals surface area contributed by atoms with Crippen molar-refractivity contribution >= 4 is 12.3 Å². The van der Waals surface area contributed by atoms with Gasteiger partial charge < -0.3 is 4.18 Å². The molecular formula is C9H16O2S. The Hall–Kier alpha value is -0.150. The van der Waals surface area contributed by atoms with Crippen molar-refractivity contribution in [2.24, 2.45) is 11.8 Å². The van der Waals surface area contributed by atoms with Gasteiger partial charge in [-0.3, -0.25) is 4.18 Å². The zero-order chi connectivity index (χ0) is 8.97. The summed E-state index contributed by atoms with van der Waals surface area (Å²) in [4.78, 5) is 0. The molecule has 0 amide bonds. The third-order valence-electron chi connectivity index (χ3n) is 2.00. The molecule has 0 spiro atoms. The van der Waals surface area contributed by atoms with E-state index >= 15 is 0 Å². The Morgan fingerprint density at radius 2 is 2.25 bits per heavy atom. The summed E-state index contributed by atoms with van der Waals surface area (Å²) in [5, 5.41) is 0. The molecule has 0 N–H and O–H groups in total. The molecule has 2 unspecified atom stereocenters. The second-order valence-corrected chi connectivity index (χ2v) is 4.11. The summed E-state index contributed by atoms with van der Waals surface area (Å²) in [6.45, 7) is 4.47. The van der Waals surface area contributed by atoms with Crippen LogP contribution in [0.25, 0.3) is 0 Å². The molecule has 1 aliphatic rings. The maximum Gasteiger partial charge on any atom is 0.224 e. The van der Waals surface area contributed by atoms with E-state index in [0.717, 1.165) is 30.4 Å². The highest BCUT2D eigenvalue weighted by Gasteiger charge is 2.17. The minimum atomic E-state index is 0.640. The van der Waals surface area contributed by atoms with E-state index in [1.54, 1.807) is 7.11 Å². The minimum Gasteiger partial charge on any atom is -0.405 e. The Bertz CT molecular complexity index is 168. The third-order valence-corrected chi connectivity index (χ3v) is 2.42. The predicted octanol–water partition coefficient (Wildman–Crippen LogP) is 3.16. The molecule has 12 heavy (non-hydrogen) atoms. The molecule has 0 aliphatic heterocycles. The zero-order valence-corrected chi connectivity index (χ0v) is 8.69. The maximum absolute atomic E-state index is 5.33. The van der Waals surface area contributed by atoms with Crippen LogP contribution in [0.3, 0.4) is 0 Å². The summed E-state index contributed by atoms with van der Waals surface area (Å²) >= 11 is 1.05. The van der Waals surface area contributed by atoms with Gasteiger partial charge in [0, 0.05) is 6.42 Å². The smallest absolute Gasteiger partial charge is 0.224 e. The van der Waals surface area contributed by atoms with Crippen molar-refractivity contribution in [3.05, 3.63) is 11.8 Å². The van der Waals surface area contributed by atoms with E-state index in [1.165, 1.54) is 6.42 Å². The molecule has 0 saturated carbocycles. The lowest BCUT2D eigenvalue weighted by molar-refractivity contribution is 0.323. The van der Waals surface area contributed by atoms with Crippen molar-refractivity contribution in [3.8, 4) is 0 Å². The van der Waals surface area contributed by atoms with Gasteiger partial charge in [0.15, 0.2) is 0 Å². The van der Waals surface area contributed by atoms with Crippen LogP contribution in [0.4, 0.5) is 0 Å². The topological polar surface area (TPSA) is 18.5 Å². The van der Waals surface area contributed by atoms with Gasteiger partial charge in [-0.1, -0.05) is 13.8 Å². The van der Waals surface area contributed by atoms with Crippen LogP contribution >= 0.6 is 12.3 Å². The van der Waals surface area contributed by atoms with Gasteiger partial charge in [-0.2, -0.15) is 0 Å². The second-order valence-electron chi connectivity index (χ2n) is 3.47. The van der Waals surface area contributed by atoms with Gasteiger partial charge in [0.05, 0.1) is 7.11 Å². The first-order valence-corrected chi connectivity index (χ1v) is 4.97. The monoisotopic (exact) mass is 188 g/mol. The molecule has 70 valence electrons. The van der Waals surface area contributed by atoms with E-state index in [-0.39, 0.29) is 0 Å². The normalized spacial score (nSPS) is 29.8. The molecule has 3 heteroatoms. The molecule has 2 atom stereocenters. The second kappa shape index (κ2) is 4.77. The first-order valence-electron chi connectivity index (χ1n) is 4.30. The molecule has 2 nitrogen and oxygen atoms in total. The van der Waals surface area contributed by atoms with Crippen LogP contribution in [0.5, 0.6) is 0 Å². The highest BCUT2D eigenvalue weighted by molar-refractivity contribution is 7.89. The van der Waals surface area contributed by atoms with Crippen molar-refractivity contribution < 1.29 is 8.37 Å². The minimum absolute atomic E-state index is 0.640. The zero-order valence-electron chi connectivity index (χ0n) is 7.87. The molecule has 0 radical (unpaired) electrons. The Morgan fingerprint density at radius 1 is 1.50 bits per heavy atom. The molecule has 1 aliphatic carbocycles. The van der Waals surface area contributed by atoms with Crippen molar-refractivity contribution in [2.75, 3.05) is 7.11 Å². The number of hydrogen-bond acceptors (Lipinski definition) is 3. The van der Waals surface area contributed by atoms with E-state index in [9.17, 15) is 0 Å². The molecule has 0 heterocycles. The summed E-state index contributed by atoms with van der Waals surface area (Å²) < 4.78 is 10.1. The maximum atomic E-state index is 5.33. The predicted molar refractivity (Wildman–Crippen MR) is 51.3 cm³/mol. The molecule has 0 bridgehead atoms. The van der Waals surface area contributed by atoms with Gasteiger partial charge in [-0.25, -0.2) is 0 Å². The lowest BCUT2D eigenvalue weighted by atomic mass is 9.88. The van der Waals surface area contributed by atoms with Gasteiger partial charge in [-0.05, 0) is 24.3 Å². The van der Waals surface area contributed by atoms with Crippen LogP contribution in [0.2, 0.25) is 0 Å². The Balaban J connectivity index is 2.40. The largest absolute Gasteiger partial charge is 0.405 e. The summed E-state index contributed by atoms with van der Waals surface area (Å²) in [7, 11) is 1.61. The first-order chi connectivity index (χ1) is 5.72. The summed E-state index contributed by atoms with van der Waals surface area (Å²) in [5.74, 6) is 2.44. The SMILES string of the molecule is COSOC1=CC(C)CC(C)C1. The number of hydrogen-bond donors (Lipinski definition) is 0. The highest BCUT2D eigenvalue weighted by Crippen LogP contribution is 2.30. The summed E-state index contributed by atoms with van der Waals surface area (Å²) in [6.07, 6.45) is 4.50. The van der Waals surface area contributed by atoms with Crippen LogP contribution in [-0.2, 0) is 8.37 Å². The fourth-order valence-electron chi connectivity index (χ4n) is 1.65. The quantitative estimate of drug-likeness (QED) is 0.634. The molecule has 0 fully saturated rings. The molecule has 0 aromatic carbocycles. The van der Waals surface area contributed by atoms with E-state index in [1.807, 2.05) is 0 Å². The number of rotatable bonds is 3. The van der Waals surface area contributed by atoms with Crippen molar-refractivity contribution in [1.82, 2.24) is 0 Å². The molecule has 0 aromatic rings. The van der Waals surface area contributed by atoms with Gasteiger partial charge >= 0.3 is 0 Å². The fourth-order valence-corrected chi connectivity index (χ4v) is 1.93. The van der Waals surface area contributed by atoms with E-state index < -0.39 is 0 Å². The van der Waals surface area contributed by atoms with Crippen molar-refractivity contribution in [2.45, 2.75) is 26.7 Å². The van der Waals surface area contributed by atoms with Gasteiger partial charge in [-0.15, -0.1) is 0 Å². The van der Waals surface area contributed by atoms with Crippen LogP contribution in [0, 0.1) is 11.8 Å². The van der Waals surface area contributed by atoms with Crippen LogP contribution in [0.15, 0.2) is 11.8 Å². The number of allylic oxidation sites excluding steroid dienone is 2. The summed E-state index contributed by atoms with van der Waals surface area (Å²) in [6, 6.07) is 0. The van der Waals surface area contributed by atoms with Gasteiger partial charge in [0.2, 0.25) is 12.3 Å². The Kier molecular flexibility index (Phi) is 3.95. The lowest BCUT2D eigenvalue weighted by Gasteiger charge is -2.22. The Labute approximate surface area is 78.7 Å².